The molecule has 0 aromatic carbocycles. The summed E-state index contributed by atoms with van der Waals surface area (Å²) in [5, 5.41) is 3.05. The Morgan fingerprint density at radius 3 is 2.87 bits per heavy atom. The van der Waals surface area contributed by atoms with Crippen LogP contribution in [0.1, 0.15) is 18.9 Å². The van der Waals surface area contributed by atoms with Gasteiger partial charge in [0.2, 0.25) is 5.91 Å². The summed E-state index contributed by atoms with van der Waals surface area (Å²) in [4.78, 5) is 18.6. The highest BCUT2D eigenvalue weighted by molar-refractivity contribution is 5.75. The second-order valence-corrected chi connectivity index (χ2v) is 3.45. The molecule has 0 aliphatic heterocycles. The van der Waals surface area contributed by atoms with Gasteiger partial charge in [-0.3, -0.25) is 4.79 Å². The number of nitrogens with zero attached hydrogens (tertiary/aromatic N) is 2. The molecular weight excluding hydrogens is 194 g/mol. The molecule has 1 heterocycles. The first kappa shape index (κ1) is 11.2. The summed E-state index contributed by atoms with van der Waals surface area (Å²) in [5.74, 6) is 0.713. The zero-order chi connectivity index (χ0) is 11.4. The van der Waals surface area contributed by atoms with Crippen molar-refractivity contribution >= 4 is 17.5 Å². The molecule has 6 heteroatoms. The van der Waals surface area contributed by atoms with Gasteiger partial charge >= 0.3 is 0 Å². The van der Waals surface area contributed by atoms with Crippen molar-refractivity contribution < 1.29 is 4.79 Å². The summed E-state index contributed by atoms with van der Waals surface area (Å²) in [7, 11) is 0. The van der Waals surface area contributed by atoms with E-state index in [0.717, 1.165) is 5.56 Å². The maximum atomic E-state index is 10.7. The minimum absolute atomic E-state index is 0.0736. The first-order valence-corrected chi connectivity index (χ1v) is 4.62. The Morgan fingerprint density at radius 2 is 2.27 bits per heavy atom. The van der Waals surface area contributed by atoms with E-state index in [1.807, 2.05) is 13.8 Å². The van der Waals surface area contributed by atoms with Crippen LogP contribution in [0.4, 0.5) is 11.6 Å². The van der Waals surface area contributed by atoms with Gasteiger partial charge in [-0.05, 0) is 13.8 Å². The van der Waals surface area contributed by atoms with E-state index >= 15 is 0 Å². The molecule has 1 aromatic heterocycles. The topological polar surface area (TPSA) is 107 Å². The smallest absolute Gasteiger partial charge is 0.219 e. The number of carbonyl (C=O) groups excluding carboxylic acids is 1. The van der Waals surface area contributed by atoms with Gasteiger partial charge in [-0.15, -0.1) is 0 Å². The number of nitrogens with one attached hydrogen (secondary N) is 1. The van der Waals surface area contributed by atoms with Gasteiger partial charge in [0.05, 0.1) is 0 Å². The second-order valence-electron chi connectivity index (χ2n) is 3.45. The molecule has 0 saturated heterocycles. The van der Waals surface area contributed by atoms with Gasteiger partial charge in [-0.2, -0.15) is 0 Å². The summed E-state index contributed by atoms with van der Waals surface area (Å²) in [6.45, 7) is 3.66. The molecule has 15 heavy (non-hydrogen) atoms. The number of amides is 1. The molecule has 0 saturated carbocycles. The molecule has 1 atom stereocenters. The van der Waals surface area contributed by atoms with Gasteiger partial charge < -0.3 is 16.8 Å². The SMILES string of the molecule is Cc1c(N)ncnc1NC(C)CC(N)=O. The van der Waals surface area contributed by atoms with Gasteiger partial charge in [0.15, 0.2) is 0 Å². The van der Waals surface area contributed by atoms with Crippen LogP contribution in [-0.2, 0) is 4.79 Å². The molecule has 0 bridgehead atoms. The van der Waals surface area contributed by atoms with E-state index in [1.54, 1.807) is 0 Å². The van der Waals surface area contributed by atoms with Crippen molar-refractivity contribution in [2.75, 3.05) is 11.1 Å². The van der Waals surface area contributed by atoms with E-state index in [1.165, 1.54) is 6.33 Å². The lowest BCUT2D eigenvalue weighted by Crippen LogP contribution is -2.25. The number of hydrogen-bond donors (Lipinski definition) is 3. The average molecular weight is 209 g/mol. The van der Waals surface area contributed by atoms with Gasteiger partial charge in [0.25, 0.3) is 0 Å². The highest BCUT2D eigenvalue weighted by Gasteiger charge is 2.09. The number of hydrogen-bond acceptors (Lipinski definition) is 5. The molecule has 1 aromatic rings. The number of aromatic nitrogens is 2. The number of nitrogen functional groups attached to an aromatic ring is 1. The molecule has 6 nitrogen and oxygen atoms in total. The Kier molecular flexibility index (Phi) is 3.43. The summed E-state index contributed by atoms with van der Waals surface area (Å²) < 4.78 is 0. The highest BCUT2D eigenvalue weighted by atomic mass is 16.1. The molecule has 0 spiro atoms. The van der Waals surface area contributed by atoms with Crippen LogP contribution >= 0.6 is 0 Å². The summed E-state index contributed by atoms with van der Waals surface area (Å²) >= 11 is 0. The quantitative estimate of drug-likeness (QED) is 0.649. The van der Waals surface area contributed by atoms with Crippen LogP contribution in [0.25, 0.3) is 0 Å². The van der Waals surface area contributed by atoms with Crippen LogP contribution < -0.4 is 16.8 Å². The molecule has 1 unspecified atom stereocenters. The first-order chi connectivity index (χ1) is 7.00. The fourth-order valence-electron chi connectivity index (χ4n) is 1.20. The van der Waals surface area contributed by atoms with Crippen LogP contribution in [0, 0.1) is 6.92 Å². The van der Waals surface area contributed by atoms with Crippen molar-refractivity contribution in [1.29, 1.82) is 0 Å². The molecule has 5 N–H and O–H groups in total. The molecule has 0 fully saturated rings. The maximum absolute atomic E-state index is 10.7. The Labute approximate surface area is 88.1 Å². The summed E-state index contributed by atoms with van der Waals surface area (Å²) in [6.07, 6.45) is 1.63. The predicted molar refractivity (Wildman–Crippen MR) is 58.1 cm³/mol. The fourth-order valence-corrected chi connectivity index (χ4v) is 1.20. The third kappa shape index (κ3) is 3.08. The summed E-state index contributed by atoms with van der Waals surface area (Å²) in [5.41, 5.74) is 11.5. The largest absolute Gasteiger partial charge is 0.383 e. The molecule has 82 valence electrons. The van der Waals surface area contributed by atoms with Gasteiger partial charge in [-0.1, -0.05) is 0 Å². The first-order valence-electron chi connectivity index (χ1n) is 4.62. The minimum atomic E-state index is -0.352. The van der Waals surface area contributed by atoms with Crippen molar-refractivity contribution in [2.45, 2.75) is 26.3 Å². The Balaban J connectivity index is 2.72. The van der Waals surface area contributed by atoms with E-state index in [0.29, 0.717) is 11.6 Å². The number of carbonyl (C=O) groups is 1. The molecule has 1 rings (SSSR count). The number of primary amides is 1. The summed E-state index contributed by atoms with van der Waals surface area (Å²) in [6, 6.07) is -0.0736. The third-order valence-electron chi connectivity index (χ3n) is 2.01. The fraction of sp³-hybridized carbons (Fsp3) is 0.444. The van der Waals surface area contributed by atoms with E-state index in [9.17, 15) is 4.79 Å². The Bertz CT molecular complexity index is 366. The monoisotopic (exact) mass is 209 g/mol. The normalized spacial score (nSPS) is 12.1. The molecular formula is C9H15N5O. The number of rotatable bonds is 4. The van der Waals surface area contributed by atoms with Crippen LogP contribution in [0.15, 0.2) is 6.33 Å². The van der Waals surface area contributed by atoms with Gasteiger partial charge in [0, 0.05) is 18.0 Å². The van der Waals surface area contributed by atoms with Crippen molar-refractivity contribution in [3.05, 3.63) is 11.9 Å². The molecule has 0 radical (unpaired) electrons. The van der Waals surface area contributed by atoms with E-state index in [4.69, 9.17) is 11.5 Å². The molecule has 0 aliphatic rings. The van der Waals surface area contributed by atoms with Crippen LogP contribution in [0.2, 0.25) is 0 Å². The van der Waals surface area contributed by atoms with E-state index in [-0.39, 0.29) is 18.4 Å². The minimum Gasteiger partial charge on any atom is -0.383 e. The number of nitrogens with two attached hydrogens (primary N) is 2. The molecule has 0 aliphatic carbocycles. The Hall–Kier alpha value is -1.85. The lowest BCUT2D eigenvalue weighted by atomic mass is 10.2. The zero-order valence-electron chi connectivity index (χ0n) is 8.82. The Morgan fingerprint density at radius 1 is 1.60 bits per heavy atom. The van der Waals surface area contributed by atoms with Crippen LogP contribution in [0.3, 0.4) is 0 Å². The standard InChI is InChI=1S/C9H15N5O/c1-5(3-7(10)15)14-9-6(2)8(11)12-4-13-9/h4-5H,3H2,1-2H3,(H2,10,15)(H3,11,12,13,14). The third-order valence-corrected chi connectivity index (χ3v) is 2.01. The van der Waals surface area contributed by atoms with Crippen LogP contribution in [-0.4, -0.2) is 21.9 Å². The van der Waals surface area contributed by atoms with Gasteiger partial charge in [-0.25, -0.2) is 9.97 Å². The van der Waals surface area contributed by atoms with Crippen molar-refractivity contribution in [2.24, 2.45) is 5.73 Å². The lowest BCUT2D eigenvalue weighted by molar-refractivity contribution is -0.118. The molecule has 1 amide bonds. The van der Waals surface area contributed by atoms with Crippen molar-refractivity contribution in [1.82, 2.24) is 9.97 Å². The second kappa shape index (κ2) is 4.59. The van der Waals surface area contributed by atoms with E-state index < -0.39 is 0 Å². The predicted octanol–water partition coefficient (Wildman–Crippen LogP) is 0.0430. The van der Waals surface area contributed by atoms with Crippen LogP contribution in [0.5, 0.6) is 0 Å². The number of anilines is 2. The highest BCUT2D eigenvalue weighted by Crippen LogP contribution is 2.16. The lowest BCUT2D eigenvalue weighted by Gasteiger charge is -2.14. The maximum Gasteiger partial charge on any atom is 0.219 e. The van der Waals surface area contributed by atoms with Crippen molar-refractivity contribution in [3.63, 3.8) is 0 Å². The van der Waals surface area contributed by atoms with Crippen molar-refractivity contribution in [3.8, 4) is 0 Å². The van der Waals surface area contributed by atoms with Gasteiger partial charge in [0.1, 0.15) is 18.0 Å². The van der Waals surface area contributed by atoms with E-state index in [2.05, 4.69) is 15.3 Å². The average Bonchev–Trinajstić information content (AvgIpc) is 2.11. The zero-order valence-corrected chi connectivity index (χ0v) is 8.82.